The van der Waals surface area contributed by atoms with Crippen LogP contribution in [0.15, 0.2) is 97.1 Å². The van der Waals surface area contributed by atoms with Crippen molar-refractivity contribution in [2.45, 2.75) is 31.3 Å². The number of halogens is 1. The van der Waals surface area contributed by atoms with E-state index < -0.39 is 5.54 Å². The Morgan fingerprint density at radius 2 is 1.65 bits per heavy atom. The van der Waals surface area contributed by atoms with E-state index in [4.69, 9.17) is 11.6 Å². The molecule has 170 valence electrons. The fourth-order valence-corrected chi connectivity index (χ4v) is 5.05. The SMILES string of the molecule is CC1(Cc2ccccc2-c2ccccc2)NC(c2ccc(O)cc2)c2cc(Cl)ccc2CC1=O. The number of hydrogen-bond acceptors (Lipinski definition) is 3. The van der Waals surface area contributed by atoms with Crippen molar-refractivity contribution in [2.24, 2.45) is 0 Å². The van der Waals surface area contributed by atoms with Gasteiger partial charge in [-0.25, -0.2) is 0 Å². The van der Waals surface area contributed by atoms with Gasteiger partial charge in [-0.1, -0.05) is 84.4 Å². The molecule has 34 heavy (non-hydrogen) atoms. The van der Waals surface area contributed by atoms with Gasteiger partial charge in [-0.05, 0) is 71.0 Å². The van der Waals surface area contributed by atoms with Gasteiger partial charge >= 0.3 is 0 Å². The zero-order chi connectivity index (χ0) is 23.7. The van der Waals surface area contributed by atoms with Gasteiger partial charge in [-0.15, -0.1) is 0 Å². The third-order valence-electron chi connectivity index (χ3n) is 6.72. The first-order chi connectivity index (χ1) is 16.4. The number of phenols is 1. The minimum atomic E-state index is -0.807. The van der Waals surface area contributed by atoms with E-state index in [1.807, 2.05) is 67.6 Å². The van der Waals surface area contributed by atoms with Crippen molar-refractivity contribution in [3.05, 3.63) is 124 Å². The third-order valence-corrected chi connectivity index (χ3v) is 6.96. The maximum atomic E-state index is 13.7. The molecule has 4 aromatic rings. The van der Waals surface area contributed by atoms with Crippen LogP contribution in [-0.4, -0.2) is 16.4 Å². The first-order valence-electron chi connectivity index (χ1n) is 11.4. The highest BCUT2D eigenvalue weighted by atomic mass is 35.5. The summed E-state index contributed by atoms with van der Waals surface area (Å²) in [5.41, 5.74) is 5.51. The van der Waals surface area contributed by atoms with Gasteiger partial charge in [0.1, 0.15) is 5.75 Å². The predicted molar refractivity (Wildman–Crippen MR) is 137 cm³/mol. The Bertz CT molecular complexity index is 1330. The summed E-state index contributed by atoms with van der Waals surface area (Å²) in [6.45, 7) is 2.00. The second kappa shape index (κ2) is 9.09. The van der Waals surface area contributed by atoms with E-state index in [1.165, 1.54) is 0 Å². The zero-order valence-corrected chi connectivity index (χ0v) is 19.7. The summed E-state index contributed by atoms with van der Waals surface area (Å²) in [7, 11) is 0. The van der Waals surface area contributed by atoms with E-state index in [2.05, 4.69) is 29.6 Å². The van der Waals surface area contributed by atoms with Crippen LogP contribution in [0.1, 0.15) is 35.2 Å². The second-order valence-corrected chi connectivity index (χ2v) is 9.58. The van der Waals surface area contributed by atoms with Crippen molar-refractivity contribution in [3.63, 3.8) is 0 Å². The van der Waals surface area contributed by atoms with Crippen LogP contribution < -0.4 is 5.32 Å². The fourth-order valence-electron chi connectivity index (χ4n) is 4.87. The summed E-state index contributed by atoms with van der Waals surface area (Å²) in [6.07, 6.45) is 0.880. The van der Waals surface area contributed by atoms with Crippen LogP contribution in [-0.2, 0) is 17.6 Å². The molecular weight excluding hydrogens is 442 g/mol. The highest BCUT2D eigenvalue weighted by Gasteiger charge is 2.40. The summed E-state index contributed by atoms with van der Waals surface area (Å²) >= 11 is 6.38. The second-order valence-electron chi connectivity index (χ2n) is 9.14. The minimum absolute atomic E-state index is 0.139. The van der Waals surface area contributed by atoms with E-state index >= 15 is 0 Å². The fraction of sp³-hybridized carbons (Fsp3) is 0.167. The molecule has 0 aliphatic carbocycles. The lowest BCUT2D eigenvalue weighted by atomic mass is 9.83. The Hall–Kier alpha value is -3.40. The van der Waals surface area contributed by atoms with Gasteiger partial charge in [0.15, 0.2) is 5.78 Å². The highest BCUT2D eigenvalue weighted by molar-refractivity contribution is 6.30. The van der Waals surface area contributed by atoms with Crippen molar-refractivity contribution in [3.8, 4) is 16.9 Å². The molecule has 5 rings (SSSR count). The largest absolute Gasteiger partial charge is 0.508 e. The number of hydrogen-bond donors (Lipinski definition) is 2. The molecule has 2 atom stereocenters. The monoisotopic (exact) mass is 467 g/mol. The van der Waals surface area contributed by atoms with Crippen molar-refractivity contribution in [1.29, 1.82) is 0 Å². The van der Waals surface area contributed by atoms with E-state index in [-0.39, 0.29) is 17.6 Å². The molecule has 4 heteroatoms. The number of rotatable bonds is 4. The number of benzene rings is 4. The summed E-state index contributed by atoms with van der Waals surface area (Å²) in [5.74, 6) is 0.347. The maximum absolute atomic E-state index is 13.7. The van der Waals surface area contributed by atoms with Crippen LogP contribution >= 0.6 is 11.6 Å². The van der Waals surface area contributed by atoms with Crippen molar-refractivity contribution >= 4 is 17.4 Å². The Morgan fingerprint density at radius 1 is 0.941 bits per heavy atom. The van der Waals surface area contributed by atoms with Crippen LogP contribution in [0.2, 0.25) is 5.02 Å². The lowest BCUT2D eigenvalue weighted by Crippen LogP contribution is -2.52. The lowest BCUT2D eigenvalue weighted by Gasteiger charge is -2.33. The van der Waals surface area contributed by atoms with Crippen LogP contribution in [0, 0.1) is 0 Å². The number of aromatic hydroxyl groups is 1. The van der Waals surface area contributed by atoms with Gasteiger partial charge in [0.05, 0.1) is 11.6 Å². The number of phenolic OH excluding ortho intramolecular Hbond substituents is 1. The van der Waals surface area contributed by atoms with Gasteiger partial charge in [0.2, 0.25) is 0 Å². The number of fused-ring (bicyclic) bond motifs is 1. The molecule has 1 aliphatic heterocycles. The smallest absolute Gasteiger partial charge is 0.157 e. The molecule has 0 saturated carbocycles. The Kier molecular flexibility index (Phi) is 5.99. The predicted octanol–water partition coefficient (Wildman–Crippen LogP) is 6.52. The van der Waals surface area contributed by atoms with Gasteiger partial charge in [0.25, 0.3) is 0 Å². The van der Waals surface area contributed by atoms with E-state index in [9.17, 15) is 9.90 Å². The van der Waals surface area contributed by atoms with Gasteiger partial charge in [-0.3, -0.25) is 10.1 Å². The van der Waals surface area contributed by atoms with Crippen molar-refractivity contribution in [2.75, 3.05) is 0 Å². The summed E-state index contributed by atoms with van der Waals surface area (Å²) in [6, 6.07) is 31.2. The van der Waals surface area contributed by atoms with Gasteiger partial charge in [0, 0.05) is 11.4 Å². The summed E-state index contributed by atoms with van der Waals surface area (Å²) in [5, 5.41) is 14.2. The first kappa shape index (κ1) is 22.4. The van der Waals surface area contributed by atoms with Crippen LogP contribution in [0.3, 0.4) is 0 Å². The van der Waals surface area contributed by atoms with Crippen LogP contribution in [0.4, 0.5) is 0 Å². The molecule has 1 aliphatic rings. The Morgan fingerprint density at radius 3 is 2.41 bits per heavy atom. The Balaban J connectivity index is 1.59. The van der Waals surface area contributed by atoms with Gasteiger partial charge < -0.3 is 5.11 Å². The molecule has 4 aromatic carbocycles. The Labute approximate surface area is 205 Å². The zero-order valence-electron chi connectivity index (χ0n) is 19.0. The summed E-state index contributed by atoms with van der Waals surface area (Å²) in [4.78, 5) is 13.7. The molecule has 0 radical (unpaired) electrons. The molecule has 3 nitrogen and oxygen atoms in total. The average Bonchev–Trinajstić information content (AvgIpc) is 2.95. The quantitative estimate of drug-likeness (QED) is 0.359. The normalized spacial score (nSPS) is 19.9. The highest BCUT2D eigenvalue weighted by Crippen LogP contribution is 2.36. The van der Waals surface area contributed by atoms with Crippen molar-refractivity contribution < 1.29 is 9.90 Å². The maximum Gasteiger partial charge on any atom is 0.157 e. The van der Waals surface area contributed by atoms with E-state index in [1.54, 1.807) is 12.1 Å². The molecule has 1 heterocycles. The molecule has 0 fully saturated rings. The number of ketones is 1. The minimum Gasteiger partial charge on any atom is -0.508 e. The third kappa shape index (κ3) is 4.37. The molecule has 2 unspecified atom stereocenters. The molecule has 0 amide bonds. The molecular formula is C30H26ClNO2. The number of nitrogens with one attached hydrogen (secondary N) is 1. The average molecular weight is 468 g/mol. The van der Waals surface area contributed by atoms with E-state index in [0.717, 1.165) is 33.4 Å². The molecule has 0 aromatic heterocycles. The topological polar surface area (TPSA) is 49.3 Å². The molecule has 0 saturated heterocycles. The lowest BCUT2D eigenvalue weighted by molar-refractivity contribution is -0.124. The standard InChI is InChI=1S/C30H26ClNO2/c1-30(19-23-9-5-6-10-26(23)20-7-3-2-4-8-20)28(34)17-22-11-14-24(31)18-27(22)29(32-30)21-12-15-25(33)16-13-21/h2-16,18,29,32-33H,17,19H2,1H3. The van der Waals surface area contributed by atoms with Crippen LogP contribution in [0.5, 0.6) is 5.75 Å². The summed E-state index contributed by atoms with van der Waals surface area (Å²) < 4.78 is 0. The number of carbonyl (C=O) groups excluding carboxylic acids is 1. The molecule has 2 N–H and O–H groups in total. The number of Topliss-reactive ketones (excluding diaryl/α,β-unsaturated/α-hetero) is 1. The van der Waals surface area contributed by atoms with Crippen LogP contribution in [0.25, 0.3) is 11.1 Å². The van der Waals surface area contributed by atoms with Crippen molar-refractivity contribution in [1.82, 2.24) is 5.32 Å². The van der Waals surface area contributed by atoms with Gasteiger partial charge in [-0.2, -0.15) is 0 Å². The molecule has 0 bridgehead atoms. The molecule has 0 spiro atoms. The first-order valence-corrected chi connectivity index (χ1v) is 11.8. The van der Waals surface area contributed by atoms with E-state index in [0.29, 0.717) is 17.9 Å². The number of carbonyl (C=O) groups is 1.